The summed E-state index contributed by atoms with van der Waals surface area (Å²) in [5, 5.41) is 7.32. The molecule has 4 aromatic rings. The Labute approximate surface area is 174 Å². The number of nitrogens with one attached hydrogen (secondary N) is 2. The summed E-state index contributed by atoms with van der Waals surface area (Å²) >= 11 is 0. The highest BCUT2D eigenvalue weighted by molar-refractivity contribution is 7.92. The van der Waals surface area contributed by atoms with Crippen molar-refractivity contribution >= 4 is 27.2 Å². The number of benzene rings is 2. The molecule has 152 valence electrons. The van der Waals surface area contributed by atoms with Crippen molar-refractivity contribution in [2.45, 2.75) is 18.7 Å². The maximum atomic E-state index is 12.6. The molecule has 30 heavy (non-hydrogen) atoms. The zero-order valence-electron chi connectivity index (χ0n) is 16.4. The van der Waals surface area contributed by atoms with Crippen LogP contribution in [0.3, 0.4) is 0 Å². The largest absolute Gasteiger partial charge is 0.340 e. The second kappa shape index (κ2) is 7.96. The van der Waals surface area contributed by atoms with Crippen LogP contribution in [-0.4, -0.2) is 28.2 Å². The zero-order chi connectivity index (χ0) is 21.1. The number of aryl methyl sites for hydroxylation is 2. The quantitative estimate of drug-likeness (QED) is 0.492. The summed E-state index contributed by atoms with van der Waals surface area (Å²) in [4.78, 5) is 8.63. The van der Waals surface area contributed by atoms with Crippen molar-refractivity contribution in [2.75, 3.05) is 10.0 Å². The molecule has 4 rings (SSSR count). The average Bonchev–Trinajstić information content (AvgIpc) is 3.26. The van der Waals surface area contributed by atoms with Gasteiger partial charge in [-0.05, 0) is 67.4 Å². The molecule has 2 aromatic carbocycles. The van der Waals surface area contributed by atoms with Crippen molar-refractivity contribution < 1.29 is 8.42 Å². The number of anilines is 3. The Morgan fingerprint density at radius 1 is 0.900 bits per heavy atom. The standard InChI is InChI=1S/C21H20N6O2S/c1-15-4-9-19(12-16(15)2)30(28,29)26-18-7-5-17(6-8-18)25-20-13-21(23-14-22-20)27-11-3-10-24-27/h3-14,26H,1-2H3,(H,22,23,25). The van der Waals surface area contributed by atoms with Crippen LogP contribution in [0.5, 0.6) is 0 Å². The van der Waals surface area contributed by atoms with E-state index in [1.165, 1.54) is 6.33 Å². The molecule has 0 aliphatic carbocycles. The molecule has 0 radical (unpaired) electrons. The third kappa shape index (κ3) is 4.31. The lowest BCUT2D eigenvalue weighted by Gasteiger charge is -2.11. The summed E-state index contributed by atoms with van der Waals surface area (Å²) in [6, 6.07) is 15.6. The van der Waals surface area contributed by atoms with E-state index >= 15 is 0 Å². The fourth-order valence-electron chi connectivity index (χ4n) is 2.81. The molecule has 2 N–H and O–H groups in total. The second-order valence-electron chi connectivity index (χ2n) is 6.77. The maximum Gasteiger partial charge on any atom is 0.261 e. The molecule has 0 saturated heterocycles. The van der Waals surface area contributed by atoms with Gasteiger partial charge in [-0.15, -0.1) is 0 Å². The lowest BCUT2D eigenvalue weighted by atomic mass is 10.1. The zero-order valence-corrected chi connectivity index (χ0v) is 17.3. The van der Waals surface area contributed by atoms with Gasteiger partial charge in [0.05, 0.1) is 4.90 Å². The summed E-state index contributed by atoms with van der Waals surface area (Å²) in [5.41, 5.74) is 3.20. The Bertz CT molecular complexity index is 1270. The van der Waals surface area contributed by atoms with Crippen molar-refractivity contribution in [1.82, 2.24) is 19.7 Å². The number of nitrogens with zero attached hydrogens (tertiary/aromatic N) is 4. The van der Waals surface area contributed by atoms with Gasteiger partial charge in [0.2, 0.25) is 0 Å². The second-order valence-corrected chi connectivity index (χ2v) is 8.45. The first kappa shape index (κ1) is 19.6. The molecular weight excluding hydrogens is 400 g/mol. The van der Waals surface area contributed by atoms with E-state index in [4.69, 9.17) is 0 Å². The minimum Gasteiger partial charge on any atom is -0.340 e. The van der Waals surface area contributed by atoms with Crippen LogP contribution in [0.1, 0.15) is 11.1 Å². The Balaban J connectivity index is 1.48. The van der Waals surface area contributed by atoms with Gasteiger partial charge in [-0.25, -0.2) is 23.1 Å². The van der Waals surface area contributed by atoms with Gasteiger partial charge in [0.1, 0.15) is 12.1 Å². The van der Waals surface area contributed by atoms with Crippen molar-refractivity contribution in [3.05, 3.63) is 84.4 Å². The monoisotopic (exact) mass is 420 g/mol. The van der Waals surface area contributed by atoms with Gasteiger partial charge in [-0.1, -0.05) is 6.07 Å². The van der Waals surface area contributed by atoms with Gasteiger partial charge in [-0.2, -0.15) is 5.10 Å². The molecular formula is C21H20N6O2S. The molecule has 2 heterocycles. The summed E-state index contributed by atoms with van der Waals surface area (Å²) in [6.45, 7) is 3.83. The molecule has 0 spiro atoms. The van der Waals surface area contributed by atoms with E-state index in [-0.39, 0.29) is 4.90 Å². The predicted octanol–water partition coefficient (Wildman–Crippen LogP) is 3.82. The van der Waals surface area contributed by atoms with Crippen LogP contribution in [0.4, 0.5) is 17.2 Å². The number of aromatic nitrogens is 4. The number of hydrogen-bond donors (Lipinski definition) is 2. The predicted molar refractivity (Wildman–Crippen MR) is 116 cm³/mol. The summed E-state index contributed by atoms with van der Waals surface area (Å²) in [7, 11) is -3.66. The molecule has 0 fully saturated rings. The summed E-state index contributed by atoms with van der Waals surface area (Å²) < 4.78 is 29.5. The van der Waals surface area contributed by atoms with Gasteiger partial charge >= 0.3 is 0 Å². The third-order valence-corrected chi connectivity index (χ3v) is 5.97. The van der Waals surface area contributed by atoms with Gasteiger partial charge in [0.15, 0.2) is 5.82 Å². The number of sulfonamides is 1. The van der Waals surface area contributed by atoms with E-state index in [0.717, 1.165) is 16.8 Å². The molecule has 0 aliphatic heterocycles. The normalized spacial score (nSPS) is 11.3. The number of hydrogen-bond acceptors (Lipinski definition) is 6. The fraction of sp³-hybridized carbons (Fsp3) is 0.0952. The highest BCUT2D eigenvalue weighted by Gasteiger charge is 2.15. The minimum atomic E-state index is -3.66. The van der Waals surface area contributed by atoms with Crippen LogP contribution in [0.2, 0.25) is 0 Å². The number of rotatable bonds is 6. The Morgan fingerprint density at radius 3 is 2.37 bits per heavy atom. The van der Waals surface area contributed by atoms with Gasteiger partial charge in [0, 0.05) is 29.8 Å². The molecule has 2 aromatic heterocycles. The Morgan fingerprint density at radius 2 is 1.67 bits per heavy atom. The Hall–Kier alpha value is -3.72. The smallest absolute Gasteiger partial charge is 0.261 e. The lowest BCUT2D eigenvalue weighted by molar-refractivity contribution is 0.601. The van der Waals surface area contributed by atoms with Gasteiger partial charge < -0.3 is 5.32 Å². The molecule has 9 heteroatoms. The van der Waals surface area contributed by atoms with E-state index in [1.807, 2.05) is 19.9 Å². The molecule has 0 amide bonds. The highest BCUT2D eigenvalue weighted by atomic mass is 32.2. The molecule has 0 unspecified atom stereocenters. The molecule has 0 saturated carbocycles. The molecule has 0 aliphatic rings. The maximum absolute atomic E-state index is 12.6. The molecule has 0 atom stereocenters. The molecule has 0 bridgehead atoms. The Kier molecular flexibility index (Phi) is 5.20. The van der Waals surface area contributed by atoms with Crippen molar-refractivity contribution in [2.24, 2.45) is 0 Å². The highest BCUT2D eigenvalue weighted by Crippen LogP contribution is 2.22. The molecule has 8 nitrogen and oxygen atoms in total. The van der Waals surface area contributed by atoms with Crippen LogP contribution < -0.4 is 10.0 Å². The topological polar surface area (TPSA) is 102 Å². The lowest BCUT2D eigenvalue weighted by Crippen LogP contribution is -2.13. The SMILES string of the molecule is Cc1ccc(S(=O)(=O)Nc2ccc(Nc3cc(-n4cccn4)ncn3)cc2)cc1C. The third-order valence-electron chi connectivity index (χ3n) is 4.59. The van der Waals surface area contributed by atoms with Crippen LogP contribution in [-0.2, 0) is 10.0 Å². The van der Waals surface area contributed by atoms with Crippen molar-refractivity contribution in [1.29, 1.82) is 0 Å². The minimum absolute atomic E-state index is 0.236. The first-order valence-corrected chi connectivity index (χ1v) is 10.7. The summed E-state index contributed by atoms with van der Waals surface area (Å²) in [6.07, 6.45) is 4.92. The van der Waals surface area contributed by atoms with Crippen molar-refractivity contribution in [3.63, 3.8) is 0 Å². The first-order valence-electron chi connectivity index (χ1n) is 9.20. The van der Waals surface area contributed by atoms with E-state index in [0.29, 0.717) is 17.3 Å². The summed E-state index contributed by atoms with van der Waals surface area (Å²) in [5.74, 6) is 1.23. The fourth-order valence-corrected chi connectivity index (χ4v) is 3.95. The van der Waals surface area contributed by atoms with Crippen LogP contribution in [0.25, 0.3) is 5.82 Å². The van der Waals surface area contributed by atoms with Crippen LogP contribution in [0.15, 0.2) is 78.2 Å². The van der Waals surface area contributed by atoms with E-state index < -0.39 is 10.0 Å². The first-order chi connectivity index (χ1) is 14.4. The van der Waals surface area contributed by atoms with Gasteiger partial charge in [0.25, 0.3) is 10.0 Å². The van der Waals surface area contributed by atoms with Crippen molar-refractivity contribution in [3.8, 4) is 5.82 Å². The van der Waals surface area contributed by atoms with E-state index in [9.17, 15) is 8.42 Å². The van der Waals surface area contributed by atoms with E-state index in [1.54, 1.807) is 65.6 Å². The van der Waals surface area contributed by atoms with Crippen LogP contribution >= 0.6 is 0 Å². The van der Waals surface area contributed by atoms with Crippen LogP contribution in [0, 0.1) is 13.8 Å². The van der Waals surface area contributed by atoms with Gasteiger partial charge in [-0.3, -0.25) is 4.72 Å². The average molecular weight is 420 g/mol. The van der Waals surface area contributed by atoms with E-state index in [2.05, 4.69) is 25.1 Å².